The van der Waals surface area contributed by atoms with Crippen LogP contribution in [0, 0.1) is 5.92 Å². The molecule has 0 aliphatic carbocycles. The summed E-state index contributed by atoms with van der Waals surface area (Å²) in [4.78, 5) is 13.8. The van der Waals surface area contributed by atoms with Crippen LogP contribution in [-0.2, 0) is 11.3 Å². The molecule has 2 rings (SSSR count). The molecule has 1 aliphatic heterocycles. The van der Waals surface area contributed by atoms with Crippen LogP contribution in [-0.4, -0.2) is 47.4 Å². The van der Waals surface area contributed by atoms with Crippen molar-refractivity contribution in [3.05, 3.63) is 17.5 Å². The van der Waals surface area contributed by atoms with E-state index in [0.29, 0.717) is 31.2 Å². The minimum atomic E-state index is -0.385. The quantitative estimate of drug-likeness (QED) is 0.854. The molecule has 1 fully saturated rings. The number of likely N-dealkylation sites (tertiary alicyclic amines) is 1. The first-order valence-electron chi connectivity index (χ1n) is 6.03. The van der Waals surface area contributed by atoms with Crippen molar-refractivity contribution in [1.29, 1.82) is 0 Å². The van der Waals surface area contributed by atoms with E-state index < -0.39 is 0 Å². The monoisotopic (exact) mass is 254 g/mol. The number of rotatable bonds is 4. The van der Waals surface area contributed by atoms with Gasteiger partial charge in [-0.1, -0.05) is 5.16 Å². The van der Waals surface area contributed by atoms with Gasteiger partial charge < -0.3 is 19.3 Å². The number of methoxy groups -OCH3 is 1. The summed E-state index contributed by atoms with van der Waals surface area (Å²) >= 11 is 0. The number of hydrogen-bond donors (Lipinski definition) is 1. The summed E-state index contributed by atoms with van der Waals surface area (Å²) < 4.78 is 9.89. The Morgan fingerprint density at radius 2 is 2.56 bits per heavy atom. The maximum absolute atomic E-state index is 12.1. The fourth-order valence-corrected chi connectivity index (χ4v) is 2.15. The molecule has 1 N–H and O–H groups in total. The largest absolute Gasteiger partial charge is 0.393 e. The van der Waals surface area contributed by atoms with Gasteiger partial charge in [0.05, 0.1) is 6.10 Å². The van der Waals surface area contributed by atoms with Crippen LogP contribution >= 0.6 is 0 Å². The van der Waals surface area contributed by atoms with E-state index in [0.717, 1.165) is 6.42 Å². The van der Waals surface area contributed by atoms with E-state index >= 15 is 0 Å². The van der Waals surface area contributed by atoms with Gasteiger partial charge in [0.15, 0.2) is 11.5 Å². The van der Waals surface area contributed by atoms with Gasteiger partial charge in [-0.25, -0.2) is 0 Å². The standard InChI is InChI=1S/C12H18N2O4/c1-8(15)9-3-4-14(6-9)12(16)11-5-10(7-17-2)18-13-11/h5,8-9,15H,3-4,6-7H2,1-2H3. The highest BCUT2D eigenvalue weighted by Gasteiger charge is 2.30. The summed E-state index contributed by atoms with van der Waals surface area (Å²) in [5.41, 5.74) is 0.299. The minimum absolute atomic E-state index is 0.149. The molecule has 1 amide bonds. The molecule has 18 heavy (non-hydrogen) atoms. The molecule has 2 atom stereocenters. The molecule has 1 aromatic rings. The average molecular weight is 254 g/mol. The Labute approximate surface area is 106 Å². The van der Waals surface area contributed by atoms with E-state index in [1.54, 1.807) is 25.0 Å². The number of ether oxygens (including phenoxy) is 1. The van der Waals surface area contributed by atoms with E-state index in [2.05, 4.69) is 5.16 Å². The van der Waals surface area contributed by atoms with Gasteiger partial charge in [-0.2, -0.15) is 0 Å². The van der Waals surface area contributed by atoms with Crippen molar-refractivity contribution in [3.8, 4) is 0 Å². The summed E-state index contributed by atoms with van der Waals surface area (Å²) in [6, 6.07) is 1.60. The Kier molecular flexibility index (Phi) is 3.98. The molecule has 1 saturated heterocycles. The van der Waals surface area contributed by atoms with Gasteiger partial charge >= 0.3 is 0 Å². The van der Waals surface area contributed by atoms with E-state index in [9.17, 15) is 9.90 Å². The molecule has 6 heteroatoms. The number of nitrogens with zero attached hydrogens (tertiary/aromatic N) is 2. The topological polar surface area (TPSA) is 75.8 Å². The van der Waals surface area contributed by atoms with Crippen molar-refractivity contribution in [1.82, 2.24) is 10.1 Å². The van der Waals surface area contributed by atoms with Crippen molar-refractivity contribution < 1.29 is 19.2 Å². The first-order chi connectivity index (χ1) is 8.61. The second-order valence-electron chi connectivity index (χ2n) is 4.65. The number of carbonyl (C=O) groups is 1. The molecular formula is C12H18N2O4. The summed E-state index contributed by atoms with van der Waals surface area (Å²) in [6.45, 7) is 3.28. The molecule has 100 valence electrons. The van der Waals surface area contributed by atoms with Gasteiger partial charge in [-0.3, -0.25) is 4.79 Å². The third-order valence-corrected chi connectivity index (χ3v) is 3.26. The Hall–Kier alpha value is -1.40. The van der Waals surface area contributed by atoms with Crippen molar-refractivity contribution in [3.63, 3.8) is 0 Å². The van der Waals surface area contributed by atoms with Gasteiger partial charge in [0, 0.05) is 32.2 Å². The predicted molar refractivity (Wildman–Crippen MR) is 62.9 cm³/mol. The van der Waals surface area contributed by atoms with Crippen molar-refractivity contribution in [2.24, 2.45) is 5.92 Å². The number of aliphatic hydroxyl groups is 1. The fraction of sp³-hybridized carbons (Fsp3) is 0.667. The van der Waals surface area contributed by atoms with Crippen LogP contribution < -0.4 is 0 Å². The Bertz CT molecular complexity index is 416. The summed E-state index contributed by atoms with van der Waals surface area (Å²) in [5, 5.41) is 13.2. The molecular weight excluding hydrogens is 236 g/mol. The zero-order chi connectivity index (χ0) is 13.1. The van der Waals surface area contributed by atoms with E-state index in [1.165, 1.54) is 0 Å². The van der Waals surface area contributed by atoms with E-state index in [-0.39, 0.29) is 17.9 Å². The summed E-state index contributed by atoms with van der Waals surface area (Å²) in [7, 11) is 1.55. The lowest BCUT2D eigenvalue weighted by molar-refractivity contribution is 0.0752. The SMILES string of the molecule is COCc1cc(C(=O)N2CCC(C(C)O)C2)no1. The normalized spacial score (nSPS) is 21.3. The predicted octanol–water partition coefficient (Wildman–Crippen LogP) is 0.664. The number of carbonyl (C=O) groups excluding carboxylic acids is 1. The molecule has 6 nitrogen and oxygen atoms in total. The van der Waals surface area contributed by atoms with Crippen molar-refractivity contribution in [2.45, 2.75) is 26.1 Å². The highest BCUT2D eigenvalue weighted by atomic mass is 16.5. The average Bonchev–Trinajstić information content (AvgIpc) is 2.97. The molecule has 2 heterocycles. The molecule has 1 aromatic heterocycles. The van der Waals surface area contributed by atoms with Crippen LogP contribution in [0.3, 0.4) is 0 Å². The number of aromatic nitrogens is 1. The zero-order valence-corrected chi connectivity index (χ0v) is 10.6. The van der Waals surface area contributed by atoms with Gasteiger partial charge in [0.25, 0.3) is 5.91 Å². The van der Waals surface area contributed by atoms with Crippen LogP contribution in [0.25, 0.3) is 0 Å². The van der Waals surface area contributed by atoms with E-state index in [4.69, 9.17) is 9.26 Å². The maximum atomic E-state index is 12.1. The fourth-order valence-electron chi connectivity index (χ4n) is 2.15. The second-order valence-corrected chi connectivity index (χ2v) is 4.65. The van der Waals surface area contributed by atoms with Crippen LogP contribution in [0.2, 0.25) is 0 Å². The van der Waals surface area contributed by atoms with Gasteiger partial charge in [0.2, 0.25) is 0 Å². The first-order valence-corrected chi connectivity index (χ1v) is 6.03. The van der Waals surface area contributed by atoms with Gasteiger partial charge in [-0.15, -0.1) is 0 Å². The van der Waals surface area contributed by atoms with Crippen molar-refractivity contribution >= 4 is 5.91 Å². The summed E-state index contributed by atoms with van der Waals surface area (Å²) in [5.74, 6) is 0.538. The number of amides is 1. The van der Waals surface area contributed by atoms with Crippen LogP contribution in [0.15, 0.2) is 10.6 Å². The highest BCUT2D eigenvalue weighted by Crippen LogP contribution is 2.21. The Balaban J connectivity index is 1.99. The third kappa shape index (κ3) is 2.70. The lowest BCUT2D eigenvalue weighted by atomic mass is 10.0. The molecule has 2 unspecified atom stereocenters. The molecule has 1 aliphatic rings. The second kappa shape index (κ2) is 5.49. The van der Waals surface area contributed by atoms with Crippen LogP contribution in [0.4, 0.5) is 0 Å². The van der Waals surface area contributed by atoms with Crippen LogP contribution in [0.1, 0.15) is 29.6 Å². The lowest BCUT2D eigenvalue weighted by Gasteiger charge is -2.16. The van der Waals surface area contributed by atoms with E-state index in [1.807, 2.05) is 0 Å². The van der Waals surface area contributed by atoms with Gasteiger partial charge in [0.1, 0.15) is 6.61 Å². The maximum Gasteiger partial charge on any atom is 0.276 e. The van der Waals surface area contributed by atoms with Crippen molar-refractivity contribution in [2.75, 3.05) is 20.2 Å². The van der Waals surface area contributed by atoms with Crippen LogP contribution in [0.5, 0.6) is 0 Å². The third-order valence-electron chi connectivity index (χ3n) is 3.26. The first kappa shape index (κ1) is 13.0. The molecule has 0 aromatic carbocycles. The summed E-state index contributed by atoms with van der Waals surface area (Å²) in [6.07, 6.45) is 0.441. The van der Waals surface area contributed by atoms with Gasteiger partial charge in [-0.05, 0) is 13.3 Å². The molecule has 0 spiro atoms. The smallest absolute Gasteiger partial charge is 0.276 e. The number of aliphatic hydroxyl groups excluding tert-OH is 1. The Morgan fingerprint density at radius 3 is 3.17 bits per heavy atom. The molecule has 0 saturated carbocycles. The highest BCUT2D eigenvalue weighted by molar-refractivity contribution is 5.92. The minimum Gasteiger partial charge on any atom is -0.393 e. The Morgan fingerprint density at radius 1 is 1.78 bits per heavy atom. The lowest BCUT2D eigenvalue weighted by Crippen LogP contribution is -2.30. The molecule has 0 radical (unpaired) electrons. The zero-order valence-electron chi connectivity index (χ0n) is 10.6. The number of hydrogen-bond acceptors (Lipinski definition) is 5. The molecule has 0 bridgehead atoms.